The fourth-order valence-corrected chi connectivity index (χ4v) is 14.0. The Bertz CT molecular complexity index is 5080. The van der Waals surface area contributed by atoms with Gasteiger partial charge in [-0.3, -0.25) is 18.6 Å². The van der Waals surface area contributed by atoms with Crippen molar-refractivity contribution in [2.75, 3.05) is 94.6 Å². The molecule has 0 spiro atoms. The molecule has 3 aromatic heterocycles. The Hall–Kier alpha value is -10.3. The van der Waals surface area contributed by atoms with E-state index < -0.39 is 29.1 Å². The lowest BCUT2D eigenvalue weighted by Crippen LogP contribution is -2.22. The van der Waals surface area contributed by atoms with E-state index in [0.717, 1.165) is 101 Å². The van der Waals surface area contributed by atoms with E-state index in [1.54, 1.807) is 24.5 Å². The van der Waals surface area contributed by atoms with Crippen LogP contribution in [0.5, 0.6) is 17.2 Å². The fraction of sp³-hybridized carbons (Fsp3) is 0.267. The van der Waals surface area contributed by atoms with Gasteiger partial charge in [0.1, 0.15) is 33.8 Å². The summed E-state index contributed by atoms with van der Waals surface area (Å²) in [6, 6.07) is 32.6. The Balaban J connectivity index is 0.000000220. The number of anilines is 9. The fourth-order valence-electron chi connectivity index (χ4n) is 9.81. The molecule has 9 aromatic rings. The minimum Gasteiger partial charge on any atom is -0.506 e. The normalized spacial score (nSPS) is 12.4. The average molecular weight is 1540 g/mol. The molecule has 9 rings (SSSR count). The second-order valence-corrected chi connectivity index (χ2v) is 33.4. The summed E-state index contributed by atoms with van der Waals surface area (Å²) in [6.45, 7) is 9.98. The summed E-state index contributed by atoms with van der Waals surface area (Å²) in [4.78, 5) is 49.0. The van der Waals surface area contributed by atoms with Gasteiger partial charge in [0.15, 0.2) is 15.4 Å². The number of nitrogen functional groups attached to an aromatic ring is 3. The molecule has 554 valence electrons. The number of aromatic nitrogens is 3. The Morgan fingerprint density at radius 1 is 0.438 bits per heavy atom. The Morgan fingerprint density at radius 3 is 1.03 bits per heavy atom. The molecule has 0 aliphatic carbocycles. The summed E-state index contributed by atoms with van der Waals surface area (Å²) < 4.78 is 45.8. The standard InChI is InChI=1S/C26H31N5O3S2.C25H29N5O3S2.C24H29N5O3S2/c1-3-36(2,34)29-15-7-5-4-6-13-24(33)30-21-12-8-11-20(18-21)28-14-9-10-19-16-22(32)25-23(17-19)35-26(27)31-25;1-3-35(2,33)28-14-6-4-5-12-23(32)29-20-11-7-10-19(17-20)27-13-8-9-18-15-21(31)24-22(16-18)34-25(26)30-24;1-34(2,32)27-13-5-3-4-11-22(31)28-19-10-6-9-18(16-19)26-12-7-8-17-14-20(30)23-21(15-17)33-24(25)29-23/h3,8,11-12,16-18,28,32H,1-2,4-7,13-15H2,(H2,27,31)(H,29,34)(H,30,33);3,7,10-11,15-17,27,31H,1-2,4-6,12-14H2,(H2,26,30)(H,28,33)(H,29,32);6,9-10,14-16,26,30H,1,3-5,11-13H2,2H3,(H2,25,29)(H,27,32)(H,28,31). The van der Waals surface area contributed by atoms with E-state index in [4.69, 9.17) is 17.2 Å². The lowest BCUT2D eigenvalue weighted by atomic mass is 10.1. The number of carbonyl (C=O) groups excluding carboxylic acids is 3. The van der Waals surface area contributed by atoms with Crippen LogP contribution in [0.2, 0.25) is 0 Å². The van der Waals surface area contributed by atoms with Gasteiger partial charge in [-0.2, -0.15) is 0 Å². The number of thiazole rings is 3. The van der Waals surface area contributed by atoms with Gasteiger partial charge >= 0.3 is 0 Å². The van der Waals surface area contributed by atoms with Crippen molar-refractivity contribution in [2.45, 2.75) is 83.5 Å². The van der Waals surface area contributed by atoms with Crippen molar-refractivity contribution in [2.24, 2.45) is 0 Å². The number of unbranched alkanes of at least 4 members (excludes halogenated alkanes) is 7. The van der Waals surface area contributed by atoms with Crippen molar-refractivity contribution in [1.82, 2.24) is 29.1 Å². The van der Waals surface area contributed by atoms with Crippen LogP contribution in [-0.2, 0) is 43.5 Å². The molecule has 0 saturated heterocycles. The number of nitrogens with zero attached hydrogens (tertiary/aromatic N) is 3. The number of amides is 3. The number of rotatable bonds is 33. The monoisotopic (exact) mass is 1540 g/mol. The Morgan fingerprint density at radius 2 is 0.724 bits per heavy atom. The SMILES string of the molecule is C=CS(=C)(=O)NCCCCCC(=O)Nc1cccc(NCC#Cc2cc(O)c3nc(N)sc3c2)c1.C=CS(=C)(=O)NCCCCCCC(=O)Nc1cccc(NCC#Cc2cc(O)c3nc(N)sc3c2)c1.C=S(C)(=O)NCCCCCC(=O)Nc1cccc(NCC#Cc2cc(O)c3nc(N)sc3c2)c1. The third-order valence-electron chi connectivity index (χ3n) is 14.9. The van der Waals surface area contributed by atoms with Crippen molar-refractivity contribution in [3.05, 3.63) is 150 Å². The third kappa shape index (κ3) is 30.1. The number of benzene rings is 6. The second kappa shape index (κ2) is 41.3. The summed E-state index contributed by atoms with van der Waals surface area (Å²) in [7, 11) is -6.93. The maximum Gasteiger partial charge on any atom is 0.224 e. The van der Waals surface area contributed by atoms with Crippen molar-refractivity contribution >= 4 is 179 Å². The minimum absolute atomic E-state index is 0.0311. The van der Waals surface area contributed by atoms with Crippen molar-refractivity contribution in [1.29, 1.82) is 0 Å². The first-order chi connectivity index (χ1) is 50.2. The number of aromatic hydroxyl groups is 3. The molecule has 24 nitrogen and oxygen atoms in total. The van der Waals surface area contributed by atoms with Gasteiger partial charge in [0.05, 0.1) is 33.7 Å². The molecule has 3 atom stereocenters. The predicted molar refractivity (Wildman–Crippen MR) is 445 cm³/mol. The van der Waals surface area contributed by atoms with E-state index in [1.807, 2.05) is 91.0 Å². The van der Waals surface area contributed by atoms with Gasteiger partial charge in [0.25, 0.3) is 0 Å². The number of phenols is 3. The van der Waals surface area contributed by atoms with Gasteiger partial charge < -0.3 is 64.4 Å². The van der Waals surface area contributed by atoms with Crippen LogP contribution in [0.1, 0.15) is 100 Å². The quantitative estimate of drug-likeness (QED) is 0.0103. The van der Waals surface area contributed by atoms with Crippen LogP contribution in [0.4, 0.5) is 49.5 Å². The first kappa shape index (κ1) is 82.0. The first-order valence-corrected chi connectivity index (χ1v) is 41.5. The first-order valence-electron chi connectivity index (χ1n) is 33.3. The largest absolute Gasteiger partial charge is 0.506 e. The molecule has 0 aliphatic heterocycles. The number of hydrogen-bond acceptors (Lipinski definition) is 21. The Labute approximate surface area is 626 Å². The molecular weight excluding hydrogens is 1450 g/mol. The molecule has 3 heterocycles. The highest BCUT2D eigenvalue weighted by molar-refractivity contribution is 8.01. The summed E-state index contributed by atoms with van der Waals surface area (Å²) in [5.74, 6) is 28.9. The smallest absolute Gasteiger partial charge is 0.224 e. The predicted octanol–water partition coefficient (Wildman–Crippen LogP) is 11.6. The number of carbonyl (C=O) groups is 3. The summed E-state index contributed by atoms with van der Waals surface area (Å²) >= 11 is 3.91. The summed E-state index contributed by atoms with van der Waals surface area (Å²) in [5.41, 5.74) is 25.3. The highest BCUT2D eigenvalue weighted by atomic mass is 32.2. The molecule has 105 heavy (non-hydrogen) atoms. The van der Waals surface area contributed by atoms with Gasteiger partial charge in [0, 0.05) is 136 Å². The van der Waals surface area contributed by atoms with E-state index in [9.17, 15) is 42.3 Å². The van der Waals surface area contributed by atoms with E-state index in [-0.39, 0.29) is 35.0 Å². The zero-order chi connectivity index (χ0) is 75.8. The molecule has 3 amide bonds. The number of nitrogens with two attached hydrogens (primary N) is 3. The van der Waals surface area contributed by atoms with E-state index in [2.05, 4.69) is 127 Å². The molecule has 0 aliphatic rings. The van der Waals surface area contributed by atoms with E-state index >= 15 is 0 Å². The van der Waals surface area contributed by atoms with E-state index in [0.29, 0.717) is 119 Å². The van der Waals surface area contributed by atoms with Crippen molar-refractivity contribution < 1.29 is 42.3 Å². The van der Waals surface area contributed by atoms with Gasteiger partial charge in [-0.05, 0) is 147 Å². The van der Waals surface area contributed by atoms with Crippen LogP contribution in [0.3, 0.4) is 0 Å². The van der Waals surface area contributed by atoms with Gasteiger partial charge in [-0.15, -0.1) is 0 Å². The number of hydrogen-bond donors (Lipinski definition) is 15. The second-order valence-electron chi connectivity index (χ2n) is 23.8. The van der Waals surface area contributed by atoms with Crippen LogP contribution in [0.15, 0.2) is 133 Å². The van der Waals surface area contributed by atoms with Gasteiger partial charge in [-0.25, -0.2) is 37.5 Å². The molecule has 6 aromatic carbocycles. The van der Waals surface area contributed by atoms with Crippen molar-refractivity contribution in [3.8, 4) is 52.8 Å². The zero-order valence-corrected chi connectivity index (χ0v) is 63.2. The number of nitrogens with one attached hydrogen (secondary N) is 9. The van der Waals surface area contributed by atoms with Gasteiger partial charge in [0.2, 0.25) is 17.7 Å². The van der Waals surface area contributed by atoms with Crippen molar-refractivity contribution in [3.63, 3.8) is 0 Å². The topological polar surface area (TPSA) is 388 Å². The van der Waals surface area contributed by atoms with Crippen LogP contribution in [0, 0.1) is 35.5 Å². The molecular formula is C75H89N15O9S6. The van der Waals surface area contributed by atoms with Gasteiger partial charge in [-0.1, -0.05) is 127 Å². The zero-order valence-electron chi connectivity index (χ0n) is 58.3. The molecule has 30 heteroatoms. The molecule has 0 bridgehead atoms. The maximum absolute atomic E-state index is 12.3. The van der Waals surface area contributed by atoms with Crippen LogP contribution in [0.25, 0.3) is 30.6 Å². The molecule has 0 fully saturated rings. The number of phenolic OH excluding ortho intramolecular Hbond substituents is 3. The highest BCUT2D eigenvalue weighted by Gasteiger charge is 2.12. The van der Waals surface area contributed by atoms with Crippen LogP contribution < -0.4 is 63.3 Å². The van der Waals surface area contributed by atoms with Crippen LogP contribution in [-0.4, -0.2) is 124 Å². The minimum atomic E-state index is -2.40. The van der Waals surface area contributed by atoms with E-state index in [1.165, 1.54) is 44.8 Å². The molecule has 18 N–H and O–H groups in total. The highest BCUT2D eigenvalue weighted by Crippen LogP contribution is 2.34. The maximum atomic E-state index is 12.3. The average Bonchev–Trinajstić information content (AvgIpc) is 1.68. The third-order valence-corrected chi connectivity index (χ3v) is 20.7. The Kier molecular flexibility index (Phi) is 32.2. The van der Waals surface area contributed by atoms with Crippen LogP contribution >= 0.6 is 34.0 Å². The summed E-state index contributed by atoms with van der Waals surface area (Å²) in [6.07, 6.45) is 11.2. The number of fused-ring (bicyclic) bond motifs is 3. The molecule has 3 unspecified atom stereocenters. The molecule has 0 saturated carbocycles. The molecule has 0 radical (unpaired) electrons. The lowest BCUT2D eigenvalue weighted by Gasteiger charge is -2.09. The lowest BCUT2D eigenvalue weighted by molar-refractivity contribution is -0.117. The summed E-state index contributed by atoms with van der Waals surface area (Å²) in [5, 5.41) is 52.5.